The van der Waals surface area contributed by atoms with Gasteiger partial charge in [-0.1, -0.05) is 34.7 Å². The Labute approximate surface area is 113 Å². The topological polar surface area (TPSA) is 34.1 Å². The smallest absolute Gasteiger partial charge is 0.220 e. The molecule has 0 fully saturated rings. The van der Waals surface area contributed by atoms with Gasteiger partial charge in [-0.05, 0) is 31.6 Å². The molecule has 0 amide bonds. The lowest BCUT2D eigenvalue weighted by molar-refractivity contribution is -0.0438. The van der Waals surface area contributed by atoms with E-state index in [9.17, 15) is 21.6 Å². The third kappa shape index (κ3) is 4.42. The summed E-state index contributed by atoms with van der Waals surface area (Å²) in [5.41, 5.74) is -5.12. The van der Waals surface area contributed by atoms with Gasteiger partial charge < -0.3 is 0 Å². The molecule has 0 unspecified atom stereocenters. The van der Waals surface area contributed by atoms with Crippen molar-refractivity contribution in [3.63, 3.8) is 0 Å². The van der Waals surface area contributed by atoms with Gasteiger partial charge in [-0.25, -0.2) is 8.42 Å². The van der Waals surface area contributed by atoms with Crippen molar-refractivity contribution in [1.29, 1.82) is 0 Å². The number of hydrogen-bond donors (Lipinski definition) is 0. The van der Waals surface area contributed by atoms with Gasteiger partial charge in [-0.15, -0.1) is 0 Å². The van der Waals surface area contributed by atoms with Crippen molar-refractivity contribution in [1.82, 2.24) is 0 Å². The van der Waals surface area contributed by atoms with E-state index in [-0.39, 0.29) is 3.92 Å². The number of allylic oxidation sites excluding steroid dienone is 2. The van der Waals surface area contributed by atoms with E-state index in [1.807, 2.05) is 12.2 Å². The molecule has 0 N–H and O–H groups in total. The standard InChI is InChI=1S/C10H14F3IO2S/c11-10(12,13)17(15,16)7-8-5-3-1-2-4-6-9(8)14/h1-2,8-9H,3-7H2/b2-1-/t8-,9-/m1/s1. The summed E-state index contributed by atoms with van der Waals surface area (Å²) in [6, 6.07) is 0. The molecule has 2 atom stereocenters. The summed E-state index contributed by atoms with van der Waals surface area (Å²) in [5.74, 6) is -1.19. The molecule has 1 rings (SSSR count). The predicted octanol–water partition coefficient (Wildman–Crippen LogP) is 3.47. The molecule has 0 saturated carbocycles. The van der Waals surface area contributed by atoms with Crippen molar-refractivity contribution >= 4 is 32.4 Å². The molecule has 0 aromatic heterocycles. The fraction of sp³-hybridized carbons (Fsp3) is 0.800. The van der Waals surface area contributed by atoms with Crippen molar-refractivity contribution in [2.45, 2.75) is 35.1 Å². The highest BCUT2D eigenvalue weighted by atomic mass is 127. The van der Waals surface area contributed by atoms with Crippen molar-refractivity contribution in [2.75, 3.05) is 5.75 Å². The number of hydrogen-bond acceptors (Lipinski definition) is 2. The van der Waals surface area contributed by atoms with Crippen LogP contribution in [0.2, 0.25) is 0 Å². The van der Waals surface area contributed by atoms with Crippen LogP contribution in [-0.4, -0.2) is 23.6 Å². The molecular weight excluding hydrogens is 368 g/mol. The van der Waals surface area contributed by atoms with E-state index in [0.717, 1.165) is 12.8 Å². The van der Waals surface area contributed by atoms with Gasteiger partial charge in [0.1, 0.15) is 0 Å². The quantitative estimate of drug-likeness (QED) is 0.417. The van der Waals surface area contributed by atoms with Gasteiger partial charge in [0.25, 0.3) is 0 Å². The minimum absolute atomic E-state index is 0.0188. The van der Waals surface area contributed by atoms with Gasteiger partial charge in [0, 0.05) is 3.92 Å². The zero-order chi connectivity index (χ0) is 13.1. The van der Waals surface area contributed by atoms with Crippen LogP contribution in [0, 0.1) is 5.92 Å². The van der Waals surface area contributed by atoms with Crippen LogP contribution in [-0.2, 0) is 9.84 Å². The molecule has 7 heteroatoms. The minimum atomic E-state index is -5.12. The third-order valence-corrected chi connectivity index (χ3v) is 5.99. The molecule has 1 aliphatic carbocycles. The van der Waals surface area contributed by atoms with E-state index in [1.165, 1.54) is 0 Å². The molecule has 100 valence electrons. The van der Waals surface area contributed by atoms with Crippen LogP contribution in [0.1, 0.15) is 25.7 Å². The first-order valence-electron chi connectivity index (χ1n) is 5.32. The lowest BCUT2D eigenvalue weighted by Crippen LogP contribution is -2.33. The summed E-state index contributed by atoms with van der Waals surface area (Å²) in [6.07, 6.45) is 6.60. The predicted molar refractivity (Wildman–Crippen MR) is 68.7 cm³/mol. The van der Waals surface area contributed by atoms with Gasteiger partial charge in [-0.2, -0.15) is 13.2 Å². The Hall–Kier alpha value is 0.210. The van der Waals surface area contributed by atoms with Crippen LogP contribution in [0.5, 0.6) is 0 Å². The monoisotopic (exact) mass is 382 g/mol. The van der Waals surface area contributed by atoms with Crippen molar-refractivity contribution in [3.05, 3.63) is 12.2 Å². The number of halogens is 4. The molecule has 1 aliphatic rings. The lowest BCUT2D eigenvalue weighted by Gasteiger charge is -2.23. The average molecular weight is 382 g/mol. The Morgan fingerprint density at radius 3 is 2.24 bits per heavy atom. The van der Waals surface area contributed by atoms with E-state index in [1.54, 1.807) is 0 Å². The molecule has 0 spiro atoms. The molecule has 0 bridgehead atoms. The zero-order valence-electron chi connectivity index (χ0n) is 9.08. The molecule has 0 radical (unpaired) electrons. The van der Waals surface area contributed by atoms with E-state index >= 15 is 0 Å². The van der Waals surface area contributed by atoms with Gasteiger partial charge in [0.15, 0.2) is 0 Å². The number of rotatable bonds is 2. The first-order valence-corrected chi connectivity index (χ1v) is 8.22. The highest BCUT2D eigenvalue weighted by Crippen LogP contribution is 2.32. The summed E-state index contributed by atoms with van der Waals surface area (Å²) in [7, 11) is -4.99. The summed E-state index contributed by atoms with van der Waals surface area (Å²) < 4.78 is 59.1. The largest absolute Gasteiger partial charge is 0.497 e. The van der Waals surface area contributed by atoms with Crippen molar-refractivity contribution < 1.29 is 21.6 Å². The maximum Gasteiger partial charge on any atom is 0.497 e. The molecule has 0 aromatic carbocycles. The summed E-state index contributed by atoms with van der Waals surface area (Å²) >= 11 is 2.06. The Morgan fingerprint density at radius 1 is 1.18 bits per heavy atom. The third-order valence-electron chi connectivity index (χ3n) is 2.78. The normalized spacial score (nSPS) is 29.4. The first-order chi connectivity index (χ1) is 7.74. The van der Waals surface area contributed by atoms with Crippen LogP contribution in [0.15, 0.2) is 12.2 Å². The molecule has 0 aliphatic heterocycles. The van der Waals surface area contributed by atoms with Crippen LogP contribution >= 0.6 is 22.6 Å². The molecule has 0 aromatic rings. The fourth-order valence-corrected chi connectivity index (χ4v) is 4.25. The zero-order valence-corrected chi connectivity index (χ0v) is 12.1. The second-order valence-electron chi connectivity index (χ2n) is 4.13. The van der Waals surface area contributed by atoms with Gasteiger partial charge >= 0.3 is 5.51 Å². The van der Waals surface area contributed by atoms with E-state index in [4.69, 9.17) is 0 Å². The van der Waals surface area contributed by atoms with Crippen molar-refractivity contribution in [2.24, 2.45) is 5.92 Å². The highest BCUT2D eigenvalue weighted by molar-refractivity contribution is 14.1. The van der Waals surface area contributed by atoms with E-state index < -0.39 is 27.0 Å². The van der Waals surface area contributed by atoms with Crippen LogP contribution < -0.4 is 0 Å². The summed E-state index contributed by atoms with van der Waals surface area (Å²) in [6.45, 7) is 0. The maximum absolute atomic E-state index is 12.3. The second-order valence-corrected chi connectivity index (χ2v) is 7.76. The second kappa shape index (κ2) is 5.90. The Kier molecular flexibility index (Phi) is 5.30. The van der Waals surface area contributed by atoms with Crippen molar-refractivity contribution in [3.8, 4) is 0 Å². The minimum Gasteiger partial charge on any atom is -0.220 e. The Morgan fingerprint density at radius 2 is 1.71 bits per heavy atom. The SMILES string of the molecule is O=S(=O)(C[C@H]1CC/C=C\CC[C@H]1I)C(F)(F)F. The summed E-state index contributed by atoms with van der Waals surface area (Å²) in [5, 5.41) is 0. The van der Waals surface area contributed by atoms with Crippen LogP contribution in [0.3, 0.4) is 0 Å². The van der Waals surface area contributed by atoms with Crippen LogP contribution in [0.25, 0.3) is 0 Å². The average Bonchev–Trinajstić information content (AvgIpc) is 2.16. The number of alkyl halides is 4. The fourth-order valence-electron chi connectivity index (χ4n) is 1.78. The molecular formula is C10H14F3IO2S. The Bertz CT molecular complexity index is 376. The molecule has 0 heterocycles. The highest BCUT2D eigenvalue weighted by Gasteiger charge is 2.47. The van der Waals surface area contributed by atoms with E-state index in [2.05, 4.69) is 22.6 Å². The van der Waals surface area contributed by atoms with Gasteiger partial charge in [0.05, 0.1) is 5.75 Å². The van der Waals surface area contributed by atoms with Gasteiger partial charge in [0.2, 0.25) is 9.84 Å². The molecule has 2 nitrogen and oxygen atoms in total. The molecule has 17 heavy (non-hydrogen) atoms. The maximum atomic E-state index is 12.3. The Balaban J connectivity index is 2.75. The number of sulfone groups is 1. The first kappa shape index (κ1) is 15.3. The van der Waals surface area contributed by atoms with Crippen LogP contribution in [0.4, 0.5) is 13.2 Å². The lowest BCUT2D eigenvalue weighted by atomic mass is 9.96. The van der Waals surface area contributed by atoms with E-state index in [0.29, 0.717) is 12.8 Å². The summed E-state index contributed by atoms with van der Waals surface area (Å²) in [4.78, 5) is 0. The molecule has 0 saturated heterocycles. The van der Waals surface area contributed by atoms with Gasteiger partial charge in [-0.3, -0.25) is 0 Å².